The third kappa shape index (κ3) is 4.27. The van der Waals surface area contributed by atoms with E-state index < -0.39 is 34.6 Å². The van der Waals surface area contributed by atoms with E-state index in [1.807, 2.05) is 49.4 Å². The van der Waals surface area contributed by atoms with Crippen LogP contribution >= 0.6 is 23.4 Å². The summed E-state index contributed by atoms with van der Waals surface area (Å²) in [5.74, 6) is -2.42. The third-order valence-corrected chi connectivity index (χ3v) is 11.1. The minimum Gasteiger partial charge on any atom is -0.466 e. The van der Waals surface area contributed by atoms with E-state index in [1.54, 1.807) is 40.6 Å². The van der Waals surface area contributed by atoms with Gasteiger partial charge in [0.2, 0.25) is 5.91 Å². The molecule has 2 amide bonds. The number of benzene rings is 2. The van der Waals surface area contributed by atoms with E-state index in [2.05, 4.69) is 13.5 Å². The maximum atomic E-state index is 14.9. The summed E-state index contributed by atoms with van der Waals surface area (Å²) in [6.07, 6.45) is 2.33. The van der Waals surface area contributed by atoms with Gasteiger partial charge in [-0.15, -0.1) is 18.3 Å². The molecule has 0 aromatic heterocycles. The molecule has 3 saturated heterocycles. The van der Waals surface area contributed by atoms with E-state index in [0.29, 0.717) is 17.1 Å². The van der Waals surface area contributed by atoms with Crippen LogP contribution in [0.25, 0.3) is 0 Å². The summed E-state index contributed by atoms with van der Waals surface area (Å²) in [6.45, 7) is 9.61. The van der Waals surface area contributed by atoms with Crippen LogP contribution in [0.15, 0.2) is 61.2 Å². The Labute approximate surface area is 244 Å². The molecule has 7 nitrogen and oxygen atoms in total. The van der Waals surface area contributed by atoms with Crippen LogP contribution in [0, 0.1) is 24.7 Å². The van der Waals surface area contributed by atoms with Crippen molar-refractivity contribution in [3.63, 3.8) is 0 Å². The number of fused-ring (bicyclic) bond motifs is 1. The lowest BCUT2D eigenvalue weighted by Crippen LogP contribution is -2.58. The molecular formula is C31H35ClN2O5S. The fraction of sp³-hybridized carbons (Fsp3) is 0.452. The normalized spacial score (nSPS) is 29.3. The number of aryl methyl sites for hydroxylation is 1. The lowest BCUT2D eigenvalue weighted by atomic mass is 9.66. The Morgan fingerprint density at radius 2 is 2.00 bits per heavy atom. The number of nitrogens with zero attached hydrogens (tertiary/aromatic N) is 2. The largest absolute Gasteiger partial charge is 0.466 e. The van der Waals surface area contributed by atoms with Crippen molar-refractivity contribution in [1.29, 1.82) is 0 Å². The van der Waals surface area contributed by atoms with Gasteiger partial charge < -0.3 is 19.6 Å². The quantitative estimate of drug-likeness (QED) is 0.338. The molecule has 9 heteroatoms. The first-order valence-electron chi connectivity index (χ1n) is 13.7. The van der Waals surface area contributed by atoms with Gasteiger partial charge in [-0.3, -0.25) is 14.4 Å². The number of likely N-dealkylation sites (tertiary alicyclic amines) is 1. The Kier molecular flexibility index (Phi) is 8.06. The van der Waals surface area contributed by atoms with E-state index in [-0.39, 0.29) is 42.7 Å². The molecule has 0 saturated carbocycles. The molecule has 2 aromatic rings. The van der Waals surface area contributed by atoms with Crippen molar-refractivity contribution in [2.75, 3.05) is 24.7 Å². The number of carbonyl (C=O) groups is 3. The number of aliphatic hydroxyl groups is 1. The van der Waals surface area contributed by atoms with Crippen molar-refractivity contribution >= 4 is 46.8 Å². The molecule has 212 valence electrons. The Morgan fingerprint density at radius 1 is 1.27 bits per heavy atom. The predicted octanol–water partition coefficient (Wildman–Crippen LogP) is 4.80. The lowest BCUT2D eigenvalue weighted by Gasteiger charge is -2.42. The van der Waals surface area contributed by atoms with Gasteiger partial charge in [0.05, 0.1) is 46.5 Å². The van der Waals surface area contributed by atoms with Crippen molar-refractivity contribution in [2.45, 2.75) is 49.3 Å². The molecule has 3 fully saturated rings. The molecule has 2 bridgehead atoms. The number of rotatable bonds is 9. The zero-order valence-corrected chi connectivity index (χ0v) is 24.5. The highest BCUT2D eigenvalue weighted by molar-refractivity contribution is 8.02. The smallest absolute Gasteiger partial charge is 0.310 e. The van der Waals surface area contributed by atoms with Crippen molar-refractivity contribution in [2.24, 2.45) is 17.8 Å². The van der Waals surface area contributed by atoms with Crippen LogP contribution in [0.1, 0.15) is 37.4 Å². The minimum absolute atomic E-state index is 0.0332. The monoisotopic (exact) mass is 582 g/mol. The van der Waals surface area contributed by atoms with E-state index in [0.717, 1.165) is 11.1 Å². The number of anilines is 1. The number of thioether (sulfide) groups is 1. The predicted molar refractivity (Wildman–Crippen MR) is 157 cm³/mol. The number of carbonyl (C=O) groups excluding carboxylic acids is 3. The Morgan fingerprint density at radius 3 is 2.62 bits per heavy atom. The molecule has 1 N–H and O–H groups in total. The first-order chi connectivity index (χ1) is 19.2. The summed E-state index contributed by atoms with van der Waals surface area (Å²) in [4.78, 5) is 45.9. The molecule has 2 aromatic carbocycles. The summed E-state index contributed by atoms with van der Waals surface area (Å²) in [5, 5.41) is 11.0. The van der Waals surface area contributed by atoms with Crippen molar-refractivity contribution < 1.29 is 24.2 Å². The number of hydrogen-bond acceptors (Lipinski definition) is 6. The second-order valence-corrected chi connectivity index (χ2v) is 12.8. The lowest BCUT2D eigenvalue weighted by molar-refractivity contribution is -0.154. The molecule has 3 aliphatic heterocycles. The Balaban J connectivity index is 1.70. The fourth-order valence-electron chi connectivity index (χ4n) is 7.14. The number of aliphatic hydroxyl groups excluding tert-OH is 1. The SMILES string of the molecule is C=CCN(C(=O)C1N([C@H](CO)c2ccccc2)C(=O)[C@@H]2[C@H](C(=O)OCC)[C@@H]3CC(C)C12S3)c1c(C)cccc1Cl. The van der Waals surface area contributed by atoms with Gasteiger partial charge in [-0.1, -0.05) is 67.1 Å². The van der Waals surface area contributed by atoms with Crippen LogP contribution in [0.2, 0.25) is 5.02 Å². The van der Waals surface area contributed by atoms with Crippen LogP contribution in [-0.2, 0) is 19.1 Å². The summed E-state index contributed by atoms with van der Waals surface area (Å²) in [6, 6.07) is 13.0. The molecule has 7 atom stereocenters. The molecule has 0 radical (unpaired) electrons. The van der Waals surface area contributed by atoms with Crippen LogP contribution in [0.5, 0.6) is 0 Å². The van der Waals surface area contributed by atoms with Crippen molar-refractivity contribution in [3.05, 3.63) is 77.3 Å². The number of esters is 1. The molecule has 3 unspecified atom stereocenters. The molecular weight excluding hydrogens is 548 g/mol. The van der Waals surface area contributed by atoms with Gasteiger partial charge in [0.15, 0.2) is 0 Å². The first kappa shape index (κ1) is 28.7. The first-order valence-corrected chi connectivity index (χ1v) is 15.0. The molecule has 0 aliphatic carbocycles. The van der Waals surface area contributed by atoms with Crippen LogP contribution in [0.4, 0.5) is 5.69 Å². The molecule has 1 spiro atoms. The maximum Gasteiger partial charge on any atom is 0.310 e. The average Bonchev–Trinajstić information content (AvgIpc) is 3.53. The van der Waals surface area contributed by atoms with Crippen molar-refractivity contribution in [3.8, 4) is 0 Å². The number of halogens is 1. The molecule has 3 heterocycles. The number of para-hydroxylation sites is 1. The molecule has 40 heavy (non-hydrogen) atoms. The summed E-state index contributed by atoms with van der Waals surface area (Å²) < 4.78 is 4.59. The number of ether oxygens (including phenoxy) is 1. The summed E-state index contributed by atoms with van der Waals surface area (Å²) in [5.41, 5.74) is 2.10. The highest BCUT2D eigenvalue weighted by atomic mass is 35.5. The van der Waals surface area contributed by atoms with E-state index >= 15 is 0 Å². The average molecular weight is 583 g/mol. The van der Waals surface area contributed by atoms with Crippen LogP contribution in [0.3, 0.4) is 0 Å². The topological polar surface area (TPSA) is 87.2 Å². The van der Waals surface area contributed by atoms with E-state index in [4.69, 9.17) is 16.3 Å². The maximum absolute atomic E-state index is 14.9. The Bertz CT molecular complexity index is 1300. The zero-order valence-electron chi connectivity index (χ0n) is 23.0. The van der Waals surface area contributed by atoms with Gasteiger partial charge in [-0.2, -0.15) is 0 Å². The third-order valence-electron chi connectivity index (χ3n) is 8.71. The summed E-state index contributed by atoms with van der Waals surface area (Å²) >= 11 is 8.24. The standard InChI is InChI=1S/C31H35ClN2O5S/c1-5-15-33(26-18(3)11-10-14-21(26)32)29(37)27-31-19(4)16-23(40-31)24(30(38)39-6-2)25(31)28(36)34(27)22(17-35)20-12-8-7-9-13-20/h5,7-14,19,22-25,27,35H,1,6,15-17H2,2-4H3/t19?,22-,23+,24-,25+,27?,31?/m1/s1. The molecule has 5 rings (SSSR count). The van der Waals surface area contributed by atoms with Crippen LogP contribution in [-0.4, -0.2) is 63.6 Å². The van der Waals surface area contributed by atoms with Gasteiger partial charge in [-0.25, -0.2) is 0 Å². The second-order valence-electron chi connectivity index (χ2n) is 10.8. The zero-order chi connectivity index (χ0) is 28.8. The molecule has 3 aliphatic rings. The highest BCUT2D eigenvalue weighted by Crippen LogP contribution is 2.69. The Hall–Kier alpha value is -2.81. The van der Waals surface area contributed by atoms with Gasteiger partial charge in [0.1, 0.15) is 6.04 Å². The summed E-state index contributed by atoms with van der Waals surface area (Å²) in [7, 11) is 0. The second kappa shape index (κ2) is 11.2. The van der Waals surface area contributed by atoms with Gasteiger partial charge in [0, 0.05) is 11.8 Å². The number of amides is 2. The van der Waals surface area contributed by atoms with Gasteiger partial charge >= 0.3 is 5.97 Å². The van der Waals surface area contributed by atoms with E-state index in [1.165, 1.54) is 0 Å². The van der Waals surface area contributed by atoms with Crippen molar-refractivity contribution in [1.82, 2.24) is 4.90 Å². The van der Waals surface area contributed by atoms with Crippen LogP contribution < -0.4 is 4.90 Å². The van der Waals surface area contributed by atoms with Gasteiger partial charge in [-0.05, 0) is 43.4 Å². The number of hydrogen-bond donors (Lipinski definition) is 1. The highest BCUT2D eigenvalue weighted by Gasteiger charge is 2.77. The van der Waals surface area contributed by atoms with Gasteiger partial charge in [0.25, 0.3) is 5.91 Å². The fourth-order valence-corrected chi connectivity index (χ4v) is 9.86. The minimum atomic E-state index is -0.942. The van der Waals surface area contributed by atoms with E-state index in [9.17, 15) is 19.5 Å².